The minimum atomic E-state index is -1.18. The van der Waals surface area contributed by atoms with Crippen molar-refractivity contribution in [3.63, 3.8) is 0 Å². The molecule has 2 aliphatic carbocycles. The predicted molar refractivity (Wildman–Crippen MR) is 83.8 cm³/mol. The van der Waals surface area contributed by atoms with Gasteiger partial charge in [-0.3, -0.25) is 4.79 Å². The van der Waals surface area contributed by atoms with E-state index in [0.717, 1.165) is 19.3 Å². The fourth-order valence-electron chi connectivity index (χ4n) is 5.11. The van der Waals surface area contributed by atoms with Gasteiger partial charge in [0.1, 0.15) is 0 Å². The third-order valence-electron chi connectivity index (χ3n) is 6.27. The Morgan fingerprint density at radius 2 is 1.81 bits per heavy atom. The molecule has 0 saturated heterocycles. The molecule has 21 heavy (non-hydrogen) atoms. The Morgan fingerprint density at radius 3 is 2.38 bits per heavy atom. The number of aliphatic hydroxyl groups excluding tert-OH is 1. The number of rotatable bonds is 2. The van der Waals surface area contributed by atoms with E-state index in [1.807, 2.05) is 6.08 Å². The molecular formula is C18H30O3. The fourth-order valence-corrected chi connectivity index (χ4v) is 5.11. The molecule has 3 heteroatoms. The highest BCUT2D eigenvalue weighted by Crippen LogP contribution is 2.62. The van der Waals surface area contributed by atoms with E-state index in [-0.39, 0.29) is 22.5 Å². The summed E-state index contributed by atoms with van der Waals surface area (Å²) in [6.07, 6.45) is 6.63. The lowest BCUT2D eigenvalue weighted by Crippen LogP contribution is -2.62. The summed E-state index contributed by atoms with van der Waals surface area (Å²) in [5, 5.41) is 21.4. The van der Waals surface area contributed by atoms with Gasteiger partial charge in [0, 0.05) is 5.92 Å². The van der Waals surface area contributed by atoms with E-state index in [2.05, 4.69) is 20.8 Å². The van der Waals surface area contributed by atoms with Gasteiger partial charge in [-0.05, 0) is 55.9 Å². The van der Waals surface area contributed by atoms with Gasteiger partial charge in [0.25, 0.3) is 0 Å². The van der Waals surface area contributed by atoms with Crippen LogP contribution in [0.1, 0.15) is 60.3 Å². The predicted octanol–water partition coefficient (Wildman–Crippen LogP) is 3.10. The first-order chi connectivity index (χ1) is 9.52. The number of aliphatic hydroxyl groups is 2. The lowest BCUT2D eigenvalue weighted by Gasteiger charge is -2.61. The van der Waals surface area contributed by atoms with Crippen molar-refractivity contribution in [1.82, 2.24) is 0 Å². The number of fused-ring (bicyclic) bond motifs is 1. The van der Waals surface area contributed by atoms with Crippen LogP contribution in [0, 0.1) is 22.7 Å². The smallest absolute Gasteiger partial charge is 0.152 e. The summed E-state index contributed by atoms with van der Waals surface area (Å²) in [5.41, 5.74) is -1.09. The molecule has 0 aromatic heterocycles. The van der Waals surface area contributed by atoms with Crippen molar-refractivity contribution in [1.29, 1.82) is 0 Å². The molecule has 0 heterocycles. The standard InChI is InChI=1S/C18H30O3/c1-12(19)7-8-13-17(4)10-6-9-16(2,3)14(17)11-15(20)18(13,5)21/h7-8,13-15,20-21H,6,9-11H2,1-5H3/b8-7+/t13-,14+,15+,17-,18+/m1/s1. The highest BCUT2D eigenvalue weighted by Gasteiger charge is 2.60. The van der Waals surface area contributed by atoms with Gasteiger partial charge in [-0.2, -0.15) is 0 Å². The first-order valence-electron chi connectivity index (χ1n) is 8.11. The monoisotopic (exact) mass is 294 g/mol. The van der Waals surface area contributed by atoms with Gasteiger partial charge in [0.05, 0.1) is 11.7 Å². The van der Waals surface area contributed by atoms with Crippen LogP contribution in [0.2, 0.25) is 0 Å². The van der Waals surface area contributed by atoms with Crippen LogP contribution in [-0.4, -0.2) is 27.7 Å². The first kappa shape index (κ1) is 16.7. The summed E-state index contributed by atoms with van der Waals surface area (Å²) < 4.78 is 0. The number of allylic oxidation sites excluding steroid dienone is 1. The Hall–Kier alpha value is -0.670. The molecule has 0 aliphatic heterocycles. The second-order valence-corrected chi connectivity index (χ2v) is 8.33. The number of hydrogen-bond donors (Lipinski definition) is 2. The van der Waals surface area contributed by atoms with Crippen LogP contribution in [0.5, 0.6) is 0 Å². The molecular weight excluding hydrogens is 264 g/mol. The van der Waals surface area contributed by atoms with Crippen molar-refractivity contribution in [2.24, 2.45) is 22.7 Å². The number of ketones is 1. The summed E-state index contributed by atoms with van der Waals surface area (Å²) in [5.74, 6) is 0.152. The molecule has 2 rings (SSSR count). The lowest BCUT2D eigenvalue weighted by atomic mass is 9.45. The Kier molecular flexibility index (Phi) is 4.14. The van der Waals surface area contributed by atoms with E-state index in [9.17, 15) is 15.0 Å². The number of hydrogen-bond acceptors (Lipinski definition) is 3. The molecule has 0 amide bonds. The van der Waals surface area contributed by atoms with Crippen LogP contribution >= 0.6 is 0 Å². The van der Waals surface area contributed by atoms with Crippen LogP contribution in [0.4, 0.5) is 0 Å². The quantitative estimate of drug-likeness (QED) is 0.769. The summed E-state index contributed by atoms with van der Waals surface area (Å²) in [4.78, 5) is 11.3. The van der Waals surface area contributed by atoms with E-state index in [4.69, 9.17) is 0 Å². The molecule has 0 aromatic carbocycles. The SMILES string of the molecule is CC(=O)/C=C/[C@H]1[C@](C)(O)[C@@H](O)C[C@H]2C(C)(C)CCC[C@@]21C. The largest absolute Gasteiger partial charge is 0.390 e. The third kappa shape index (κ3) is 2.70. The maximum absolute atomic E-state index is 11.3. The Balaban J connectivity index is 2.47. The topological polar surface area (TPSA) is 57.5 Å². The van der Waals surface area contributed by atoms with Crippen LogP contribution in [-0.2, 0) is 4.79 Å². The van der Waals surface area contributed by atoms with Gasteiger partial charge in [-0.15, -0.1) is 0 Å². The molecule has 2 fully saturated rings. The average molecular weight is 294 g/mol. The second kappa shape index (κ2) is 5.20. The van der Waals surface area contributed by atoms with Gasteiger partial charge < -0.3 is 10.2 Å². The maximum Gasteiger partial charge on any atom is 0.152 e. The third-order valence-corrected chi connectivity index (χ3v) is 6.27. The normalized spacial score (nSPS) is 46.3. The molecule has 2 aliphatic rings. The molecule has 5 atom stereocenters. The number of carbonyl (C=O) groups is 1. The minimum Gasteiger partial charge on any atom is -0.390 e. The molecule has 3 nitrogen and oxygen atoms in total. The molecule has 0 unspecified atom stereocenters. The minimum absolute atomic E-state index is 0.0129. The maximum atomic E-state index is 11.3. The Labute approximate surface area is 128 Å². The second-order valence-electron chi connectivity index (χ2n) is 8.33. The molecule has 2 N–H and O–H groups in total. The van der Waals surface area contributed by atoms with E-state index in [1.54, 1.807) is 13.0 Å². The Bertz CT molecular complexity index is 449. The van der Waals surface area contributed by atoms with E-state index < -0.39 is 11.7 Å². The van der Waals surface area contributed by atoms with Crippen molar-refractivity contribution < 1.29 is 15.0 Å². The Morgan fingerprint density at radius 1 is 1.19 bits per heavy atom. The molecule has 0 aromatic rings. The molecule has 0 bridgehead atoms. The van der Waals surface area contributed by atoms with Crippen molar-refractivity contribution >= 4 is 5.78 Å². The zero-order chi connectivity index (χ0) is 16.1. The average Bonchev–Trinajstić information content (AvgIpc) is 2.31. The van der Waals surface area contributed by atoms with Gasteiger partial charge in [-0.25, -0.2) is 0 Å². The number of carbonyl (C=O) groups excluding carboxylic acids is 1. The van der Waals surface area contributed by atoms with Crippen molar-refractivity contribution in [3.05, 3.63) is 12.2 Å². The molecule has 120 valence electrons. The van der Waals surface area contributed by atoms with Gasteiger partial charge >= 0.3 is 0 Å². The highest BCUT2D eigenvalue weighted by atomic mass is 16.3. The summed E-state index contributed by atoms with van der Waals surface area (Å²) >= 11 is 0. The van der Waals surface area contributed by atoms with Crippen LogP contribution < -0.4 is 0 Å². The summed E-state index contributed by atoms with van der Waals surface area (Å²) in [6.45, 7) is 10.0. The van der Waals surface area contributed by atoms with Gasteiger partial charge in [-0.1, -0.05) is 33.3 Å². The van der Waals surface area contributed by atoms with Crippen LogP contribution in [0.3, 0.4) is 0 Å². The van der Waals surface area contributed by atoms with Gasteiger partial charge in [0.15, 0.2) is 5.78 Å². The molecule has 0 spiro atoms. The van der Waals surface area contributed by atoms with Crippen molar-refractivity contribution in [3.8, 4) is 0 Å². The van der Waals surface area contributed by atoms with Crippen LogP contribution in [0.25, 0.3) is 0 Å². The zero-order valence-corrected chi connectivity index (χ0v) is 14.0. The fraction of sp³-hybridized carbons (Fsp3) is 0.833. The van der Waals surface area contributed by atoms with E-state index in [0.29, 0.717) is 12.3 Å². The molecule has 2 saturated carbocycles. The lowest BCUT2D eigenvalue weighted by molar-refractivity contribution is -0.204. The highest BCUT2D eigenvalue weighted by molar-refractivity contribution is 5.87. The first-order valence-corrected chi connectivity index (χ1v) is 8.11. The summed E-state index contributed by atoms with van der Waals surface area (Å²) in [6, 6.07) is 0. The van der Waals surface area contributed by atoms with Gasteiger partial charge in [0.2, 0.25) is 0 Å². The van der Waals surface area contributed by atoms with Crippen molar-refractivity contribution in [2.45, 2.75) is 72.0 Å². The van der Waals surface area contributed by atoms with Crippen molar-refractivity contribution in [2.75, 3.05) is 0 Å². The summed E-state index contributed by atoms with van der Waals surface area (Å²) in [7, 11) is 0. The van der Waals surface area contributed by atoms with Crippen LogP contribution in [0.15, 0.2) is 12.2 Å². The van der Waals surface area contributed by atoms with E-state index in [1.165, 1.54) is 6.92 Å². The zero-order valence-electron chi connectivity index (χ0n) is 14.0. The van der Waals surface area contributed by atoms with E-state index >= 15 is 0 Å². The molecule has 0 radical (unpaired) electrons.